The number of anilines is 2. The van der Waals surface area contributed by atoms with E-state index in [2.05, 4.69) is 10.3 Å². The summed E-state index contributed by atoms with van der Waals surface area (Å²) in [5, 5.41) is 5.41. The molecule has 0 fully saturated rings. The van der Waals surface area contributed by atoms with Crippen LogP contribution in [0.15, 0.2) is 65.7 Å². The monoisotopic (exact) mass is 468 g/mol. The van der Waals surface area contributed by atoms with E-state index in [9.17, 15) is 9.59 Å². The predicted octanol–water partition coefficient (Wildman–Crippen LogP) is 3.71. The molecule has 4 aromatic rings. The fourth-order valence-electron chi connectivity index (χ4n) is 3.55. The molecule has 0 radical (unpaired) electrons. The largest absolute Gasteiger partial charge is 0.375 e. The molecule has 0 bridgehead atoms. The average Bonchev–Trinajstić information content (AvgIpc) is 3.13. The Morgan fingerprint density at radius 3 is 2.82 bits per heavy atom. The minimum atomic E-state index is -2.68. The van der Waals surface area contributed by atoms with E-state index in [1.807, 2.05) is 41.7 Å². The Labute approximate surface area is 200 Å². The van der Waals surface area contributed by atoms with Crippen molar-refractivity contribution >= 4 is 39.9 Å². The second-order valence-corrected chi connectivity index (χ2v) is 7.76. The molecule has 0 aliphatic heterocycles. The topological polar surface area (TPSA) is 90.2 Å². The van der Waals surface area contributed by atoms with Crippen molar-refractivity contribution in [2.45, 2.75) is 13.2 Å². The number of hydrogen-bond acceptors (Lipinski definition) is 5. The van der Waals surface area contributed by atoms with E-state index in [0.29, 0.717) is 36.3 Å². The Kier molecular flexibility index (Phi) is 5.67. The van der Waals surface area contributed by atoms with Gasteiger partial charge < -0.3 is 24.5 Å². The normalized spacial score (nSPS) is 12.7. The molecule has 0 unspecified atom stereocenters. The molecular formula is C24H24ClN5O3. The molecule has 0 saturated carbocycles. The maximum absolute atomic E-state index is 13.3. The van der Waals surface area contributed by atoms with Gasteiger partial charge in [0.2, 0.25) is 0 Å². The highest BCUT2D eigenvalue weighted by atomic mass is 35.5. The summed E-state index contributed by atoms with van der Waals surface area (Å²) in [6, 6.07) is 14.3. The van der Waals surface area contributed by atoms with E-state index >= 15 is 0 Å². The van der Waals surface area contributed by atoms with E-state index < -0.39 is 12.9 Å². The third kappa shape index (κ3) is 4.92. The number of carbonyl (C=O) groups excluding carboxylic acids is 1. The molecule has 0 saturated heterocycles. The molecule has 3 aromatic heterocycles. The van der Waals surface area contributed by atoms with Gasteiger partial charge in [0.15, 0.2) is 0 Å². The van der Waals surface area contributed by atoms with Gasteiger partial charge in [-0.1, -0.05) is 41.9 Å². The van der Waals surface area contributed by atoms with Gasteiger partial charge >= 0.3 is 0 Å². The molecule has 33 heavy (non-hydrogen) atoms. The predicted molar refractivity (Wildman–Crippen MR) is 129 cm³/mol. The number of carbonyl (C=O) groups is 1. The van der Waals surface area contributed by atoms with Crippen LogP contribution in [0, 0.1) is 0 Å². The summed E-state index contributed by atoms with van der Waals surface area (Å²) >= 11 is 6.04. The smallest absolute Gasteiger partial charge is 0.262 e. The van der Waals surface area contributed by atoms with Gasteiger partial charge in [-0.2, -0.15) is 0 Å². The number of pyridine rings is 2. The molecule has 1 aromatic carbocycles. The van der Waals surface area contributed by atoms with Crippen LogP contribution < -0.4 is 16.2 Å². The van der Waals surface area contributed by atoms with Crippen molar-refractivity contribution in [3.8, 4) is 0 Å². The van der Waals surface area contributed by atoms with Crippen LogP contribution in [-0.2, 0) is 24.9 Å². The van der Waals surface area contributed by atoms with E-state index in [1.54, 1.807) is 28.6 Å². The van der Waals surface area contributed by atoms with Crippen LogP contribution >= 0.6 is 11.6 Å². The fraction of sp³-hybridized carbons (Fsp3) is 0.208. The quantitative estimate of drug-likeness (QED) is 0.304. The van der Waals surface area contributed by atoms with Crippen LogP contribution in [0.4, 0.5) is 11.5 Å². The Balaban J connectivity index is 1.60. The first-order valence-electron chi connectivity index (χ1n) is 11.7. The molecule has 4 rings (SSSR count). The summed E-state index contributed by atoms with van der Waals surface area (Å²) in [5.74, 6) is -0.826. The number of amides is 1. The highest BCUT2D eigenvalue weighted by Crippen LogP contribution is 2.27. The lowest BCUT2D eigenvalue weighted by Gasteiger charge is -2.11. The van der Waals surface area contributed by atoms with E-state index in [0.717, 1.165) is 5.56 Å². The zero-order valence-electron chi connectivity index (χ0n) is 20.8. The summed E-state index contributed by atoms with van der Waals surface area (Å²) in [6.07, 6.45) is 3.39. The lowest BCUT2D eigenvalue weighted by molar-refractivity contribution is 0.0963. The van der Waals surface area contributed by atoms with Crippen molar-refractivity contribution < 1.29 is 13.6 Å². The molecule has 0 aliphatic rings. The maximum Gasteiger partial charge on any atom is 0.262 e. The van der Waals surface area contributed by atoms with Crippen LogP contribution in [0.1, 0.15) is 20.0 Å². The van der Waals surface area contributed by atoms with Crippen LogP contribution in [0.5, 0.6) is 0 Å². The van der Waals surface area contributed by atoms with Gasteiger partial charge in [0.1, 0.15) is 11.0 Å². The second-order valence-electron chi connectivity index (χ2n) is 7.38. The number of aromatic nitrogens is 3. The average molecular weight is 469 g/mol. The molecule has 0 atom stereocenters. The van der Waals surface area contributed by atoms with Gasteiger partial charge in [0.25, 0.3) is 11.5 Å². The number of nitrogens with one attached hydrogen (secondary N) is 2. The summed E-state index contributed by atoms with van der Waals surface area (Å²) in [7, 11) is 1.79. The first-order valence-corrected chi connectivity index (χ1v) is 10.6. The van der Waals surface area contributed by atoms with Crippen molar-refractivity contribution in [1.29, 1.82) is 0 Å². The number of benzene rings is 1. The van der Waals surface area contributed by atoms with Gasteiger partial charge in [-0.05, 0) is 23.8 Å². The molecule has 0 aliphatic carbocycles. The maximum atomic E-state index is 13.3. The second kappa shape index (κ2) is 9.89. The van der Waals surface area contributed by atoms with Gasteiger partial charge in [-0.15, -0.1) is 0 Å². The highest BCUT2D eigenvalue weighted by Gasteiger charge is 2.17. The fourth-order valence-corrected chi connectivity index (χ4v) is 3.69. The molecule has 0 spiro atoms. The number of fused-ring (bicyclic) bond motifs is 1. The lowest BCUT2D eigenvalue weighted by atomic mass is 10.2. The summed E-state index contributed by atoms with van der Waals surface area (Å²) in [6.45, 7) is -1.55. The molecule has 1 amide bonds. The van der Waals surface area contributed by atoms with E-state index in [1.165, 1.54) is 12.1 Å². The first-order chi connectivity index (χ1) is 17.1. The van der Waals surface area contributed by atoms with Crippen LogP contribution in [-0.4, -0.2) is 33.6 Å². The Morgan fingerprint density at radius 2 is 2.03 bits per heavy atom. The number of aryl methyl sites for hydroxylation is 1. The van der Waals surface area contributed by atoms with Crippen molar-refractivity contribution in [2.24, 2.45) is 7.05 Å². The molecule has 9 heteroatoms. The van der Waals surface area contributed by atoms with Gasteiger partial charge in [0, 0.05) is 37.1 Å². The lowest BCUT2D eigenvalue weighted by Crippen LogP contribution is -2.22. The standard InChI is InChI=1S/C24H24ClN5O3/c1-26-23(31)17-8-9-20(25)28-22(17)27-18-14-29(2)19-10-11-30(24(32)21(18)19)12-13-33-15-16-6-4-3-5-7-16/h3-11,14H,12-13,15H2,1-2H3,(H,26,31)(H,27,28)/i1D3. The van der Waals surface area contributed by atoms with Crippen LogP contribution in [0.3, 0.4) is 0 Å². The number of nitrogens with zero attached hydrogens (tertiary/aromatic N) is 3. The Morgan fingerprint density at radius 1 is 1.21 bits per heavy atom. The number of ether oxygens (including phenoxy) is 1. The van der Waals surface area contributed by atoms with Crippen molar-refractivity contribution in [1.82, 2.24) is 19.4 Å². The third-order valence-corrected chi connectivity index (χ3v) is 5.39. The van der Waals surface area contributed by atoms with Crippen molar-refractivity contribution in [3.63, 3.8) is 0 Å². The van der Waals surface area contributed by atoms with Gasteiger partial charge in [-0.3, -0.25) is 9.59 Å². The number of rotatable bonds is 8. The minimum absolute atomic E-state index is 0.0257. The zero-order valence-corrected chi connectivity index (χ0v) is 18.6. The summed E-state index contributed by atoms with van der Waals surface area (Å²) in [5.41, 5.74) is 1.82. The summed E-state index contributed by atoms with van der Waals surface area (Å²) < 4.78 is 30.9. The Bertz CT molecular complexity index is 1450. The number of hydrogen-bond donors (Lipinski definition) is 2. The zero-order chi connectivity index (χ0) is 25.9. The molecule has 8 nitrogen and oxygen atoms in total. The van der Waals surface area contributed by atoms with E-state index in [4.69, 9.17) is 20.5 Å². The Hall–Kier alpha value is -3.62. The van der Waals surface area contributed by atoms with Crippen molar-refractivity contribution in [3.05, 3.63) is 87.6 Å². The first kappa shape index (κ1) is 18.9. The summed E-state index contributed by atoms with van der Waals surface area (Å²) in [4.78, 5) is 30.0. The van der Waals surface area contributed by atoms with Crippen molar-refractivity contribution in [2.75, 3.05) is 18.9 Å². The molecule has 2 N–H and O–H groups in total. The molecular weight excluding hydrogens is 442 g/mol. The number of halogens is 1. The minimum Gasteiger partial charge on any atom is -0.375 e. The highest BCUT2D eigenvalue weighted by molar-refractivity contribution is 6.29. The SMILES string of the molecule is [2H]C([2H])([2H])NC(=O)c1ccc(Cl)nc1Nc1cn(C)c2ccn(CCOCc3ccccc3)c(=O)c12. The van der Waals surface area contributed by atoms with Crippen LogP contribution in [0.2, 0.25) is 5.15 Å². The van der Waals surface area contributed by atoms with E-state index in [-0.39, 0.29) is 22.1 Å². The third-order valence-electron chi connectivity index (χ3n) is 5.18. The molecule has 170 valence electrons. The van der Waals surface area contributed by atoms with Gasteiger partial charge in [0.05, 0.1) is 35.4 Å². The van der Waals surface area contributed by atoms with Crippen LogP contribution in [0.25, 0.3) is 10.9 Å². The molecule has 3 heterocycles. The van der Waals surface area contributed by atoms with Gasteiger partial charge in [-0.25, -0.2) is 4.98 Å².